The number of carbonyl (C=O) groups is 1. The molecule has 1 amide bonds. The predicted octanol–water partition coefficient (Wildman–Crippen LogP) is 3.13. The maximum Gasteiger partial charge on any atom is 0.262 e. The number of aromatic nitrogens is 2. The molecule has 0 bridgehead atoms. The molecule has 3 N–H and O–H groups in total. The molecule has 8 heteroatoms. The Labute approximate surface area is 149 Å². The maximum atomic E-state index is 12.1. The lowest BCUT2D eigenvalue weighted by molar-refractivity contribution is -0.118. The van der Waals surface area contributed by atoms with Crippen molar-refractivity contribution >= 4 is 45.6 Å². The highest BCUT2D eigenvalue weighted by Crippen LogP contribution is 2.27. The summed E-state index contributed by atoms with van der Waals surface area (Å²) in [6, 6.07) is 3.66. The highest BCUT2D eigenvalue weighted by molar-refractivity contribution is 9.10. The third-order valence-corrected chi connectivity index (χ3v) is 3.87. The molecular weight excluding hydrogens is 384 g/mol. The smallest absolute Gasteiger partial charge is 0.262 e. The van der Waals surface area contributed by atoms with Gasteiger partial charge in [0.15, 0.2) is 12.4 Å². The van der Waals surface area contributed by atoms with Gasteiger partial charge in [-0.1, -0.05) is 15.9 Å². The normalized spacial score (nSPS) is 10.1. The zero-order valence-electron chi connectivity index (χ0n) is 13.4. The van der Waals surface area contributed by atoms with Crippen molar-refractivity contribution in [3.05, 3.63) is 33.6 Å². The van der Waals surface area contributed by atoms with Gasteiger partial charge >= 0.3 is 0 Å². The fourth-order valence-corrected chi connectivity index (χ4v) is 2.72. The van der Waals surface area contributed by atoms with Gasteiger partial charge in [-0.15, -0.1) is 12.4 Å². The summed E-state index contributed by atoms with van der Waals surface area (Å²) in [5.74, 6) is 0.364. The Morgan fingerprint density at radius 2 is 2.04 bits per heavy atom. The molecule has 1 aromatic heterocycles. The van der Waals surface area contributed by atoms with Crippen LogP contribution in [-0.4, -0.2) is 22.3 Å². The number of nitrogens with zero attached hydrogens (tertiary/aromatic N) is 2. The number of nitrogen functional groups attached to an aromatic ring is 1. The van der Waals surface area contributed by atoms with Crippen LogP contribution < -0.4 is 15.8 Å². The van der Waals surface area contributed by atoms with Crippen molar-refractivity contribution in [1.82, 2.24) is 9.78 Å². The summed E-state index contributed by atoms with van der Waals surface area (Å²) in [7, 11) is 1.83. The van der Waals surface area contributed by atoms with Crippen LogP contribution in [0.25, 0.3) is 0 Å². The summed E-state index contributed by atoms with van der Waals surface area (Å²) < 4.78 is 8.15. The van der Waals surface area contributed by atoms with E-state index in [4.69, 9.17) is 10.5 Å². The van der Waals surface area contributed by atoms with E-state index in [1.165, 1.54) is 0 Å². The Hall–Kier alpha value is -1.73. The van der Waals surface area contributed by atoms with Crippen LogP contribution in [-0.2, 0) is 11.8 Å². The van der Waals surface area contributed by atoms with Gasteiger partial charge < -0.3 is 15.8 Å². The van der Waals surface area contributed by atoms with Gasteiger partial charge in [0, 0.05) is 11.5 Å². The van der Waals surface area contributed by atoms with Crippen LogP contribution >= 0.6 is 28.3 Å². The highest BCUT2D eigenvalue weighted by Gasteiger charge is 2.14. The van der Waals surface area contributed by atoms with Crippen LogP contribution in [0, 0.1) is 20.8 Å². The highest BCUT2D eigenvalue weighted by atomic mass is 79.9. The number of hydrogen-bond donors (Lipinski definition) is 2. The number of anilines is 2. The molecule has 23 heavy (non-hydrogen) atoms. The minimum atomic E-state index is -0.271. The van der Waals surface area contributed by atoms with Crippen LogP contribution in [0.5, 0.6) is 5.75 Å². The van der Waals surface area contributed by atoms with Crippen molar-refractivity contribution in [2.75, 3.05) is 17.7 Å². The van der Waals surface area contributed by atoms with Crippen molar-refractivity contribution in [1.29, 1.82) is 0 Å². The van der Waals surface area contributed by atoms with Crippen LogP contribution in [0.4, 0.5) is 11.4 Å². The largest absolute Gasteiger partial charge is 0.480 e. The number of ether oxygens (including phenoxy) is 1. The fourth-order valence-electron chi connectivity index (χ4n) is 2.14. The van der Waals surface area contributed by atoms with Crippen molar-refractivity contribution < 1.29 is 9.53 Å². The Morgan fingerprint density at radius 3 is 2.61 bits per heavy atom. The maximum absolute atomic E-state index is 12.1. The van der Waals surface area contributed by atoms with Gasteiger partial charge in [0.2, 0.25) is 0 Å². The Kier molecular flexibility index (Phi) is 6.47. The van der Waals surface area contributed by atoms with E-state index in [1.54, 1.807) is 10.7 Å². The van der Waals surface area contributed by atoms with E-state index in [9.17, 15) is 4.79 Å². The fraction of sp³-hybridized carbons (Fsp3) is 0.333. The lowest BCUT2D eigenvalue weighted by Crippen LogP contribution is -2.21. The average molecular weight is 404 g/mol. The van der Waals surface area contributed by atoms with Crippen LogP contribution in [0.1, 0.15) is 17.0 Å². The zero-order chi connectivity index (χ0) is 16.4. The first-order valence-corrected chi connectivity index (χ1v) is 7.57. The first-order chi connectivity index (χ1) is 10.3. The molecule has 0 spiro atoms. The molecule has 126 valence electrons. The SMILES string of the molecule is Cc1cc(Br)cc(NC(=O)COc2c(C)nn(C)c2C)c1N.Cl. The molecule has 1 heterocycles. The quantitative estimate of drug-likeness (QED) is 0.768. The van der Waals surface area contributed by atoms with Gasteiger partial charge in [-0.3, -0.25) is 9.48 Å². The van der Waals surface area contributed by atoms with Gasteiger partial charge in [-0.05, 0) is 38.5 Å². The van der Waals surface area contributed by atoms with Gasteiger partial charge in [-0.25, -0.2) is 0 Å². The van der Waals surface area contributed by atoms with Crippen molar-refractivity contribution in [3.8, 4) is 5.75 Å². The zero-order valence-corrected chi connectivity index (χ0v) is 15.8. The molecule has 0 unspecified atom stereocenters. The van der Waals surface area contributed by atoms with E-state index in [0.29, 0.717) is 17.1 Å². The average Bonchev–Trinajstić information content (AvgIpc) is 2.67. The van der Waals surface area contributed by atoms with Gasteiger partial charge in [0.1, 0.15) is 5.69 Å². The monoisotopic (exact) mass is 402 g/mol. The van der Waals surface area contributed by atoms with Crippen molar-refractivity contribution in [3.63, 3.8) is 0 Å². The molecular formula is C15H20BrClN4O2. The number of benzene rings is 1. The van der Waals surface area contributed by atoms with Crippen molar-refractivity contribution in [2.24, 2.45) is 7.05 Å². The van der Waals surface area contributed by atoms with Gasteiger partial charge in [0.05, 0.1) is 17.1 Å². The molecule has 2 rings (SSSR count). The van der Waals surface area contributed by atoms with Gasteiger partial charge in [0.25, 0.3) is 5.91 Å². The second kappa shape index (κ2) is 7.70. The predicted molar refractivity (Wildman–Crippen MR) is 97.3 cm³/mol. The molecule has 0 aliphatic heterocycles. The van der Waals surface area contributed by atoms with E-state index >= 15 is 0 Å². The second-order valence-corrected chi connectivity index (χ2v) is 6.06. The molecule has 0 saturated carbocycles. The summed E-state index contributed by atoms with van der Waals surface area (Å²) in [5.41, 5.74) is 9.61. The molecule has 0 radical (unpaired) electrons. The summed E-state index contributed by atoms with van der Waals surface area (Å²) in [6.07, 6.45) is 0. The topological polar surface area (TPSA) is 82.2 Å². The Morgan fingerprint density at radius 1 is 1.39 bits per heavy atom. The summed E-state index contributed by atoms with van der Waals surface area (Å²) in [5, 5.41) is 7.01. The first-order valence-electron chi connectivity index (χ1n) is 6.78. The van der Waals surface area contributed by atoms with Crippen LogP contribution in [0.2, 0.25) is 0 Å². The lowest BCUT2D eigenvalue weighted by Gasteiger charge is -2.12. The third kappa shape index (κ3) is 4.39. The van der Waals surface area contributed by atoms with E-state index in [0.717, 1.165) is 21.4 Å². The molecule has 0 fully saturated rings. The Bertz CT molecular complexity index is 731. The Balaban J connectivity index is 0.00000264. The summed E-state index contributed by atoms with van der Waals surface area (Å²) >= 11 is 3.39. The summed E-state index contributed by atoms with van der Waals surface area (Å²) in [6.45, 7) is 5.52. The van der Waals surface area contributed by atoms with E-state index in [-0.39, 0.29) is 24.9 Å². The first kappa shape index (κ1) is 19.3. The minimum absolute atomic E-state index is 0. The number of carbonyl (C=O) groups excluding carboxylic acids is 1. The molecule has 2 aromatic rings. The standard InChI is InChI=1S/C15H19BrN4O2.ClH/c1-8-5-11(16)6-12(14(8)17)18-13(21)7-22-15-9(2)19-20(4)10(15)3;/h5-6H,7,17H2,1-4H3,(H,18,21);1H. The third-order valence-electron chi connectivity index (χ3n) is 3.42. The van der Waals surface area contributed by atoms with E-state index in [1.807, 2.05) is 33.9 Å². The lowest BCUT2D eigenvalue weighted by atomic mass is 10.2. The molecule has 0 atom stereocenters. The van der Waals surface area contributed by atoms with Crippen LogP contribution in [0.3, 0.4) is 0 Å². The minimum Gasteiger partial charge on any atom is -0.480 e. The molecule has 0 saturated heterocycles. The molecule has 0 aliphatic rings. The number of nitrogens with two attached hydrogens (primary N) is 1. The van der Waals surface area contributed by atoms with Crippen LogP contribution in [0.15, 0.2) is 16.6 Å². The number of rotatable bonds is 4. The molecule has 0 aliphatic carbocycles. The number of hydrogen-bond acceptors (Lipinski definition) is 4. The van der Waals surface area contributed by atoms with Gasteiger partial charge in [-0.2, -0.15) is 5.10 Å². The number of nitrogens with one attached hydrogen (secondary N) is 1. The number of aryl methyl sites for hydroxylation is 3. The summed E-state index contributed by atoms with van der Waals surface area (Å²) in [4.78, 5) is 12.1. The molecule has 6 nitrogen and oxygen atoms in total. The van der Waals surface area contributed by atoms with Crippen molar-refractivity contribution in [2.45, 2.75) is 20.8 Å². The molecule has 1 aromatic carbocycles. The second-order valence-electron chi connectivity index (χ2n) is 5.14. The number of amides is 1. The number of halogens is 2. The van der Waals surface area contributed by atoms with E-state index < -0.39 is 0 Å². The van der Waals surface area contributed by atoms with E-state index in [2.05, 4.69) is 26.3 Å².